The largest absolute Gasteiger partial charge is 0.385 e. The lowest BCUT2D eigenvalue weighted by Gasteiger charge is -2.30. The van der Waals surface area contributed by atoms with E-state index in [1.165, 1.54) is 23.2 Å². The Morgan fingerprint density at radius 2 is 2.05 bits per heavy atom. The van der Waals surface area contributed by atoms with E-state index in [0.717, 1.165) is 24.7 Å². The smallest absolute Gasteiger partial charge is 0.0409 e. The van der Waals surface area contributed by atoms with Crippen LogP contribution in [-0.2, 0) is 6.54 Å². The predicted molar refractivity (Wildman–Crippen MR) is 90.1 cm³/mol. The molecule has 1 aliphatic heterocycles. The van der Waals surface area contributed by atoms with Gasteiger partial charge in [-0.3, -0.25) is 0 Å². The van der Waals surface area contributed by atoms with E-state index in [9.17, 15) is 0 Å². The van der Waals surface area contributed by atoms with Gasteiger partial charge in [-0.25, -0.2) is 0 Å². The highest BCUT2D eigenvalue weighted by Crippen LogP contribution is 2.31. The molecule has 2 aromatic carbocycles. The SMILES string of the molecule is CN(Cc1cccc(Cl)c1)CC1CCNc2ccccc21. The summed E-state index contributed by atoms with van der Waals surface area (Å²) < 4.78 is 0. The molecule has 0 aliphatic carbocycles. The summed E-state index contributed by atoms with van der Waals surface area (Å²) in [6.45, 7) is 3.07. The molecular formula is C18H21ClN2. The minimum Gasteiger partial charge on any atom is -0.385 e. The molecule has 0 aromatic heterocycles. The molecule has 1 N–H and O–H groups in total. The van der Waals surface area contributed by atoms with Crippen molar-refractivity contribution >= 4 is 17.3 Å². The first-order valence-corrected chi connectivity index (χ1v) is 7.86. The molecular weight excluding hydrogens is 280 g/mol. The standard InChI is InChI=1S/C18H21ClN2/c1-21(12-14-5-4-6-16(19)11-14)13-15-9-10-20-18-8-3-2-7-17(15)18/h2-8,11,15,20H,9-10,12-13H2,1H3. The van der Waals surface area contributed by atoms with Gasteiger partial charge < -0.3 is 10.2 Å². The van der Waals surface area contributed by atoms with Gasteiger partial charge in [0.05, 0.1) is 0 Å². The third kappa shape index (κ3) is 3.58. The number of nitrogens with one attached hydrogen (secondary N) is 1. The van der Waals surface area contributed by atoms with E-state index in [1.807, 2.05) is 12.1 Å². The molecule has 3 heteroatoms. The van der Waals surface area contributed by atoms with Gasteiger partial charge in [0.1, 0.15) is 0 Å². The van der Waals surface area contributed by atoms with Crippen LogP contribution >= 0.6 is 11.6 Å². The third-order valence-corrected chi connectivity index (χ3v) is 4.32. The first-order chi connectivity index (χ1) is 10.2. The Morgan fingerprint density at radius 3 is 2.90 bits per heavy atom. The molecule has 1 unspecified atom stereocenters. The first-order valence-electron chi connectivity index (χ1n) is 7.48. The second-order valence-corrected chi connectivity index (χ2v) is 6.26. The fourth-order valence-electron chi connectivity index (χ4n) is 3.13. The van der Waals surface area contributed by atoms with Crippen LogP contribution in [0.3, 0.4) is 0 Å². The maximum Gasteiger partial charge on any atom is 0.0409 e. The van der Waals surface area contributed by atoms with Crippen molar-refractivity contribution in [1.29, 1.82) is 0 Å². The first kappa shape index (κ1) is 14.4. The zero-order valence-electron chi connectivity index (χ0n) is 12.3. The molecule has 0 amide bonds. The Bertz CT molecular complexity index is 612. The van der Waals surface area contributed by atoms with Crippen LogP contribution in [-0.4, -0.2) is 25.0 Å². The van der Waals surface area contributed by atoms with Gasteiger partial charge in [-0.2, -0.15) is 0 Å². The predicted octanol–water partition coefficient (Wildman–Crippen LogP) is 4.37. The van der Waals surface area contributed by atoms with Crippen LogP contribution in [0.5, 0.6) is 0 Å². The van der Waals surface area contributed by atoms with Gasteiger partial charge in [-0.1, -0.05) is 41.9 Å². The van der Waals surface area contributed by atoms with Crippen LogP contribution < -0.4 is 5.32 Å². The van der Waals surface area contributed by atoms with Gasteiger partial charge in [0.25, 0.3) is 0 Å². The van der Waals surface area contributed by atoms with E-state index in [4.69, 9.17) is 11.6 Å². The average Bonchev–Trinajstić information content (AvgIpc) is 2.47. The van der Waals surface area contributed by atoms with Crippen molar-refractivity contribution in [2.24, 2.45) is 0 Å². The van der Waals surface area contributed by atoms with Crippen molar-refractivity contribution in [3.63, 3.8) is 0 Å². The second kappa shape index (κ2) is 6.50. The summed E-state index contributed by atoms with van der Waals surface area (Å²) in [5.41, 5.74) is 4.01. The molecule has 0 spiro atoms. The number of benzene rings is 2. The highest BCUT2D eigenvalue weighted by molar-refractivity contribution is 6.30. The fourth-order valence-corrected chi connectivity index (χ4v) is 3.34. The van der Waals surface area contributed by atoms with Gasteiger partial charge in [-0.05, 0) is 42.8 Å². The number of para-hydroxylation sites is 1. The van der Waals surface area contributed by atoms with Crippen molar-refractivity contribution in [2.75, 3.05) is 25.5 Å². The molecule has 3 rings (SSSR count). The quantitative estimate of drug-likeness (QED) is 0.902. The summed E-state index contributed by atoms with van der Waals surface area (Å²) in [5, 5.41) is 4.30. The Hall–Kier alpha value is -1.51. The average molecular weight is 301 g/mol. The zero-order valence-corrected chi connectivity index (χ0v) is 13.1. The number of hydrogen-bond acceptors (Lipinski definition) is 2. The number of anilines is 1. The summed E-state index contributed by atoms with van der Waals surface area (Å²) in [6.07, 6.45) is 1.19. The molecule has 0 fully saturated rings. The minimum atomic E-state index is 0.603. The van der Waals surface area contributed by atoms with Crippen molar-refractivity contribution in [3.8, 4) is 0 Å². The Morgan fingerprint density at radius 1 is 1.19 bits per heavy atom. The van der Waals surface area contributed by atoms with Crippen LogP contribution in [0.1, 0.15) is 23.5 Å². The van der Waals surface area contributed by atoms with E-state index in [2.05, 4.69) is 53.7 Å². The lowest BCUT2D eigenvalue weighted by molar-refractivity contribution is 0.297. The Kier molecular flexibility index (Phi) is 4.47. The van der Waals surface area contributed by atoms with Crippen molar-refractivity contribution in [3.05, 3.63) is 64.7 Å². The van der Waals surface area contributed by atoms with E-state index in [0.29, 0.717) is 5.92 Å². The maximum absolute atomic E-state index is 6.06. The molecule has 21 heavy (non-hydrogen) atoms. The molecule has 2 aromatic rings. The highest BCUT2D eigenvalue weighted by Gasteiger charge is 2.20. The number of nitrogens with zero attached hydrogens (tertiary/aromatic N) is 1. The van der Waals surface area contributed by atoms with Crippen LogP contribution in [0.4, 0.5) is 5.69 Å². The summed E-state index contributed by atoms with van der Waals surface area (Å²) in [4.78, 5) is 2.39. The van der Waals surface area contributed by atoms with E-state index < -0.39 is 0 Å². The van der Waals surface area contributed by atoms with Crippen LogP contribution in [0.15, 0.2) is 48.5 Å². The monoisotopic (exact) mass is 300 g/mol. The molecule has 0 bridgehead atoms. The van der Waals surface area contributed by atoms with Crippen LogP contribution in [0, 0.1) is 0 Å². The van der Waals surface area contributed by atoms with Crippen LogP contribution in [0.2, 0.25) is 5.02 Å². The molecule has 0 saturated carbocycles. The lowest BCUT2D eigenvalue weighted by Crippen LogP contribution is -2.28. The minimum absolute atomic E-state index is 0.603. The van der Waals surface area contributed by atoms with Crippen LogP contribution in [0.25, 0.3) is 0 Å². The molecule has 1 aliphatic rings. The second-order valence-electron chi connectivity index (χ2n) is 5.83. The third-order valence-electron chi connectivity index (χ3n) is 4.08. The zero-order chi connectivity index (χ0) is 14.7. The molecule has 1 atom stereocenters. The highest BCUT2D eigenvalue weighted by atomic mass is 35.5. The molecule has 1 heterocycles. The number of likely N-dealkylation sites (N-methyl/N-ethyl adjacent to an activating group) is 1. The van der Waals surface area contributed by atoms with E-state index in [-0.39, 0.29) is 0 Å². The number of halogens is 1. The molecule has 0 radical (unpaired) electrons. The lowest BCUT2D eigenvalue weighted by atomic mass is 9.90. The number of rotatable bonds is 4. The van der Waals surface area contributed by atoms with Gasteiger partial charge in [-0.15, -0.1) is 0 Å². The Labute approximate surface area is 131 Å². The molecule has 0 saturated heterocycles. The van der Waals surface area contributed by atoms with Gasteiger partial charge in [0, 0.05) is 36.3 Å². The summed E-state index contributed by atoms with van der Waals surface area (Å²) in [5.74, 6) is 0.603. The normalized spacial score (nSPS) is 17.4. The molecule has 2 nitrogen and oxygen atoms in total. The maximum atomic E-state index is 6.06. The van der Waals surface area contributed by atoms with E-state index in [1.54, 1.807) is 0 Å². The number of fused-ring (bicyclic) bond motifs is 1. The van der Waals surface area contributed by atoms with Crippen molar-refractivity contribution in [2.45, 2.75) is 18.9 Å². The summed E-state index contributed by atoms with van der Waals surface area (Å²) in [6, 6.07) is 16.8. The van der Waals surface area contributed by atoms with Crippen molar-refractivity contribution < 1.29 is 0 Å². The summed E-state index contributed by atoms with van der Waals surface area (Å²) in [7, 11) is 2.19. The fraction of sp³-hybridized carbons (Fsp3) is 0.333. The van der Waals surface area contributed by atoms with Gasteiger partial charge in [0.15, 0.2) is 0 Å². The molecule has 110 valence electrons. The topological polar surface area (TPSA) is 15.3 Å². The van der Waals surface area contributed by atoms with Crippen molar-refractivity contribution in [1.82, 2.24) is 4.90 Å². The van der Waals surface area contributed by atoms with Gasteiger partial charge >= 0.3 is 0 Å². The summed E-state index contributed by atoms with van der Waals surface area (Å²) >= 11 is 6.06. The Balaban J connectivity index is 1.67. The van der Waals surface area contributed by atoms with Gasteiger partial charge in [0.2, 0.25) is 0 Å². The van der Waals surface area contributed by atoms with E-state index >= 15 is 0 Å². The number of hydrogen-bond donors (Lipinski definition) is 1.